The molecule has 0 unspecified atom stereocenters. The first-order valence-corrected chi connectivity index (χ1v) is 12.3. The largest absolute Gasteiger partial charge is 0.493 e. The highest BCUT2D eigenvalue weighted by Gasteiger charge is 2.19. The lowest BCUT2D eigenvalue weighted by atomic mass is 9.97. The zero-order valence-electron chi connectivity index (χ0n) is 20.0. The quantitative estimate of drug-likeness (QED) is 0.420. The van der Waals surface area contributed by atoms with Crippen molar-refractivity contribution in [2.24, 2.45) is 0 Å². The van der Waals surface area contributed by atoms with Crippen LogP contribution >= 0.6 is 0 Å². The fourth-order valence-electron chi connectivity index (χ4n) is 5.04. The number of piperazine rings is 1. The maximum atomic E-state index is 6.08. The van der Waals surface area contributed by atoms with Gasteiger partial charge in [-0.1, -0.05) is 18.2 Å². The Morgan fingerprint density at radius 1 is 0.943 bits per heavy atom. The molecule has 1 saturated heterocycles. The fourth-order valence-corrected chi connectivity index (χ4v) is 5.04. The van der Waals surface area contributed by atoms with E-state index in [1.165, 1.54) is 22.1 Å². The van der Waals surface area contributed by atoms with Gasteiger partial charge in [-0.05, 0) is 58.5 Å². The maximum Gasteiger partial charge on any atom is 0.161 e. The zero-order valence-corrected chi connectivity index (χ0v) is 20.0. The summed E-state index contributed by atoms with van der Waals surface area (Å²) < 4.78 is 11.8. The van der Waals surface area contributed by atoms with Crippen LogP contribution in [0.25, 0.3) is 27.6 Å². The average molecular weight is 467 g/mol. The molecular weight excluding hydrogens is 436 g/mol. The molecular formula is C29H30N4O2. The lowest BCUT2D eigenvalue weighted by molar-refractivity contribution is 0.188. The molecule has 178 valence electrons. The van der Waals surface area contributed by atoms with Gasteiger partial charge >= 0.3 is 0 Å². The maximum absolute atomic E-state index is 6.08. The molecule has 1 aliphatic carbocycles. The van der Waals surface area contributed by atoms with Crippen LogP contribution in [-0.4, -0.2) is 61.3 Å². The van der Waals surface area contributed by atoms with Gasteiger partial charge in [0.15, 0.2) is 11.5 Å². The highest BCUT2D eigenvalue weighted by atomic mass is 16.5. The molecule has 3 heterocycles. The number of aromatic amines is 1. The molecule has 0 amide bonds. The van der Waals surface area contributed by atoms with Crippen LogP contribution in [0, 0.1) is 0 Å². The predicted octanol–water partition coefficient (Wildman–Crippen LogP) is 4.51. The third-order valence-electron chi connectivity index (χ3n) is 7.00. The highest BCUT2D eigenvalue weighted by molar-refractivity contribution is 5.91. The molecule has 1 fully saturated rings. The van der Waals surface area contributed by atoms with Crippen molar-refractivity contribution in [1.29, 1.82) is 0 Å². The summed E-state index contributed by atoms with van der Waals surface area (Å²) in [5.74, 6) is 1.53. The van der Waals surface area contributed by atoms with Gasteiger partial charge < -0.3 is 19.8 Å². The lowest BCUT2D eigenvalue weighted by Gasteiger charge is -2.27. The molecule has 0 atom stereocenters. The average Bonchev–Trinajstić information content (AvgIpc) is 3.55. The highest BCUT2D eigenvalue weighted by Crippen LogP contribution is 2.37. The summed E-state index contributed by atoms with van der Waals surface area (Å²) in [7, 11) is 1.70. The normalized spacial score (nSPS) is 15.7. The number of rotatable bonds is 7. The van der Waals surface area contributed by atoms with Gasteiger partial charge in [0.1, 0.15) is 6.61 Å². The number of H-pyrrole nitrogens is 1. The number of hydrogen-bond acceptors (Lipinski definition) is 5. The van der Waals surface area contributed by atoms with E-state index in [-0.39, 0.29) is 0 Å². The number of fused-ring (bicyclic) bond motifs is 2. The van der Waals surface area contributed by atoms with E-state index in [2.05, 4.69) is 57.7 Å². The van der Waals surface area contributed by atoms with E-state index in [1.807, 2.05) is 24.5 Å². The summed E-state index contributed by atoms with van der Waals surface area (Å²) in [6, 6.07) is 17.1. The minimum Gasteiger partial charge on any atom is -0.493 e. The van der Waals surface area contributed by atoms with Crippen molar-refractivity contribution in [3.63, 3.8) is 0 Å². The minimum atomic E-state index is 0.649. The number of ether oxygens (including phenoxy) is 2. The van der Waals surface area contributed by atoms with Crippen LogP contribution in [0.1, 0.15) is 16.8 Å². The molecule has 4 aromatic rings. The van der Waals surface area contributed by atoms with E-state index in [0.29, 0.717) is 6.61 Å². The SMILES string of the molecule is COc1cc(-c2cnc3c(c2)C(c2ccc4[nH]ccc4c2)=CC3)ccc1OCCN1CCNCC1. The summed E-state index contributed by atoms with van der Waals surface area (Å²) in [6.07, 6.45) is 7.09. The van der Waals surface area contributed by atoms with E-state index in [9.17, 15) is 0 Å². The van der Waals surface area contributed by atoms with Crippen molar-refractivity contribution in [2.45, 2.75) is 6.42 Å². The van der Waals surface area contributed by atoms with Crippen molar-refractivity contribution in [3.05, 3.63) is 83.8 Å². The molecule has 1 aliphatic heterocycles. The summed E-state index contributed by atoms with van der Waals surface area (Å²) in [6.45, 7) is 5.80. The van der Waals surface area contributed by atoms with E-state index < -0.39 is 0 Å². The molecule has 2 aromatic carbocycles. The molecule has 0 spiro atoms. The number of benzene rings is 2. The molecule has 2 aromatic heterocycles. The van der Waals surface area contributed by atoms with Gasteiger partial charge in [0, 0.05) is 68.2 Å². The lowest BCUT2D eigenvalue weighted by Crippen LogP contribution is -2.44. The second-order valence-electron chi connectivity index (χ2n) is 9.13. The Kier molecular flexibility index (Phi) is 5.98. The summed E-state index contributed by atoms with van der Waals surface area (Å²) in [4.78, 5) is 10.5. The van der Waals surface area contributed by atoms with Crippen LogP contribution in [0.5, 0.6) is 11.5 Å². The third-order valence-corrected chi connectivity index (χ3v) is 7.00. The van der Waals surface area contributed by atoms with Crippen molar-refractivity contribution in [3.8, 4) is 22.6 Å². The Morgan fingerprint density at radius 2 is 1.83 bits per heavy atom. The Bertz CT molecular complexity index is 1380. The van der Waals surface area contributed by atoms with E-state index in [1.54, 1.807) is 7.11 Å². The van der Waals surface area contributed by atoms with Crippen molar-refractivity contribution in [1.82, 2.24) is 20.2 Å². The molecule has 6 heteroatoms. The summed E-state index contributed by atoms with van der Waals surface area (Å²) in [5.41, 5.74) is 8.09. The number of aromatic nitrogens is 2. The first-order chi connectivity index (χ1) is 17.3. The monoisotopic (exact) mass is 466 g/mol. The van der Waals surface area contributed by atoms with Gasteiger partial charge in [-0.15, -0.1) is 0 Å². The molecule has 0 bridgehead atoms. The number of hydrogen-bond donors (Lipinski definition) is 2. The molecule has 2 aliphatic rings. The van der Waals surface area contributed by atoms with Gasteiger partial charge in [0.25, 0.3) is 0 Å². The molecule has 35 heavy (non-hydrogen) atoms. The number of allylic oxidation sites excluding steroid dienone is 1. The smallest absolute Gasteiger partial charge is 0.161 e. The first-order valence-electron chi connectivity index (χ1n) is 12.3. The number of pyridine rings is 1. The van der Waals surface area contributed by atoms with E-state index in [0.717, 1.165) is 73.0 Å². The van der Waals surface area contributed by atoms with Crippen molar-refractivity contribution >= 4 is 16.5 Å². The topological polar surface area (TPSA) is 62.4 Å². The van der Waals surface area contributed by atoms with E-state index >= 15 is 0 Å². The van der Waals surface area contributed by atoms with Gasteiger partial charge in [0.05, 0.1) is 12.8 Å². The Balaban J connectivity index is 1.22. The van der Waals surface area contributed by atoms with Crippen LogP contribution in [0.15, 0.2) is 67.0 Å². The van der Waals surface area contributed by atoms with Crippen LogP contribution in [0.2, 0.25) is 0 Å². The van der Waals surface area contributed by atoms with Crippen LogP contribution in [-0.2, 0) is 6.42 Å². The summed E-state index contributed by atoms with van der Waals surface area (Å²) >= 11 is 0. The Labute approximate surface area is 205 Å². The standard InChI is InChI=1S/C29H30N4O2/c1-34-29-18-20(3-7-28(29)35-15-14-33-12-10-30-11-13-33)23-17-25-24(4-6-27(25)32-19-23)21-2-5-26-22(16-21)8-9-31-26/h2-5,7-9,16-19,30-31H,6,10-15H2,1H3. The zero-order chi connectivity index (χ0) is 23.6. The molecule has 0 radical (unpaired) electrons. The van der Waals surface area contributed by atoms with Gasteiger partial charge in [-0.2, -0.15) is 0 Å². The minimum absolute atomic E-state index is 0.649. The number of methoxy groups -OCH3 is 1. The molecule has 6 nitrogen and oxygen atoms in total. The van der Waals surface area contributed by atoms with E-state index in [4.69, 9.17) is 14.5 Å². The molecule has 6 rings (SSSR count). The first kappa shape index (κ1) is 21.9. The van der Waals surface area contributed by atoms with Crippen molar-refractivity contribution < 1.29 is 9.47 Å². The number of nitrogens with one attached hydrogen (secondary N) is 2. The van der Waals surface area contributed by atoms with Gasteiger partial charge in [0.2, 0.25) is 0 Å². The Morgan fingerprint density at radius 3 is 2.71 bits per heavy atom. The Hall–Kier alpha value is -3.61. The molecule has 0 saturated carbocycles. The predicted molar refractivity (Wildman–Crippen MR) is 140 cm³/mol. The van der Waals surface area contributed by atoms with Crippen LogP contribution < -0.4 is 14.8 Å². The fraction of sp³-hybridized carbons (Fsp3) is 0.276. The van der Waals surface area contributed by atoms with Crippen LogP contribution in [0.3, 0.4) is 0 Å². The van der Waals surface area contributed by atoms with Crippen molar-refractivity contribution in [2.75, 3.05) is 46.4 Å². The second kappa shape index (κ2) is 9.56. The van der Waals surface area contributed by atoms with Crippen LogP contribution in [0.4, 0.5) is 0 Å². The van der Waals surface area contributed by atoms with Gasteiger partial charge in [-0.25, -0.2) is 0 Å². The third kappa shape index (κ3) is 4.43. The number of nitrogens with zero attached hydrogens (tertiary/aromatic N) is 2. The van der Waals surface area contributed by atoms with Gasteiger partial charge in [-0.3, -0.25) is 9.88 Å². The second-order valence-corrected chi connectivity index (χ2v) is 9.13. The summed E-state index contributed by atoms with van der Waals surface area (Å²) in [5, 5.41) is 4.60. The molecule has 2 N–H and O–H groups in total.